The van der Waals surface area contributed by atoms with E-state index in [9.17, 15) is 13.2 Å². The molecule has 8 nitrogen and oxygen atoms in total. The van der Waals surface area contributed by atoms with Gasteiger partial charge in [-0.25, -0.2) is 13.4 Å². The van der Waals surface area contributed by atoms with Crippen molar-refractivity contribution in [2.24, 2.45) is 5.92 Å². The fourth-order valence-corrected chi connectivity index (χ4v) is 7.04. The molecular weight excluding hydrogens is 506 g/mol. The molecule has 0 radical (unpaired) electrons. The maximum absolute atomic E-state index is 13.0. The lowest BCUT2D eigenvalue weighted by atomic mass is 10.0. The molecule has 5 rings (SSSR count). The van der Waals surface area contributed by atoms with Gasteiger partial charge in [0.1, 0.15) is 11.3 Å². The molecule has 1 aliphatic heterocycles. The zero-order chi connectivity index (χ0) is 24.7. The number of hydrogen-bond donors (Lipinski definition) is 1. The number of para-hydroxylation sites is 1. The number of nitrogens with one attached hydrogen (secondary N) is 1. The third kappa shape index (κ3) is 4.71. The van der Waals surface area contributed by atoms with Gasteiger partial charge in [0, 0.05) is 24.7 Å². The number of aryl methyl sites for hydroxylation is 1. The van der Waals surface area contributed by atoms with Crippen LogP contribution in [0.4, 0.5) is 5.82 Å². The summed E-state index contributed by atoms with van der Waals surface area (Å²) in [6.07, 6.45) is 1.89. The van der Waals surface area contributed by atoms with Gasteiger partial charge in [0.05, 0.1) is 20.3 Å². The molecule has 0 saturated carbocycles. The maximum Gasteiger partial charge on any atom is 0.256 e. The molecule has 0 bridgehead atoms. The van der Waals surface area contributed by atoms with Crippen molar-refractivity contribution in [2.45, 2.75) is 31.6 Å². The molecule has 1 amide bonds. The number of carbonyl (C=O) groups is 1. The van der Waals surface area contributed by atoms with Crippen molar-refractivity contribution < 1.29 is 13.2 Å². The van der Waals surface area contributed by atoms with E-state index in [1.54, 1.807) is 16.8 Å². The van der Waals surface area contributed by atoms with E-state index in [0.717, 1.165) is 17.5 Å². The first-order chi connectivity index (χ1) is 16.7. The Labute approximate surface area is 212 Å². The molecule has 35 heavy (non-hydrogen) atoms. The normalized spacial score (nSPS) is 17.1. The first-order valence-corrected chi connectivity index (χ1v) is 13.9. The minimum Gasteiger partial charge on any atom is -0.306 e. The number of fused-ring (bicyclic) bond motifs is 1. The Balaban J connectivity index is 1.37. The van der Waals surface area contributed by atoms with Gasteiger partial charge in [0.25, 0.3) is 5.91 Å². The highest BCUT2D eigenvalue weighted by Gasteiger charge is 2.28. The number of sulfonamides is 1. The summed E-state index contributed by atoms with van der Waals surface area (Å²) in [7, 11) is -3.58. The lowest BCUT2D eigenvalue weighted by molar-refractivity contribution is 0.102. The molecule has 1 aliphatic rings. The Bertz CT molecular complexity index is 1510. The quantitative estimate of drug-likeness (QED) is 0.387. The molecule has 1 saturated heterocycles. The second kappa shape index (κ2) is 9.34. The number of hydrogen-bond acceptors (Lipinski definition) is 6. The average molecular weight is 530 g/mol. The van der Waals surface area contributed by atoms with E-state index in [0.29, 0.717) is 51.8 Å². The largest absolute Gasteiger partial charge is 0.306 e. The summed E-state index contributed by atoms with van der Waals surface area (Å²) < 4.78 is 30.0. The van der Waals surface area contributed by atoms with Crippen molar-refractivity contribution in [1.82, 2.24) is 19.1 Å². The summed E-state index contributed by atoms with van der Waals surface area (Å²) >= 11 is 7.68. The fourth-order valence-electron chi connectivity index (χ4n) is 4.21. The van der Waals surface area contributed by atoms with Crippen molar-refractivity contribution in [3.8, 4) is 5.13 Å². The van der Waals surface area contributed by atoms with Crippen LogP contribution in [0.25, 0.3) is 15.3 Å². The van der Waals surface area contributed by atoms with Crippen LogP contribution >= 0.6 is 22.9 Å². The Morgan fingerprint density at radius 1 is 1.20 bits per heavy atom. The first kappa shape index (κ1) is 23.9. The number of amides is 1. The first-order valence-electron chi connectivity index (χ1n) is 11.3. The van der Waals surface area contributed by atoms with Crippen LogP contribution in [-0.4, -0.2) is 46.5 Å². The summed E-state index contributed by atoms with van der Waals surface area (Å²) in [5.41, 5.74) is 1.73. The number of thiazole rings is 1. The van der Waals surface area contributed by atoms with Crippen LogP contribution in [0.15, 0.2) is 53.4 Å². The Kier molecular flexibility index (Phi) is 6.39. The van der Waals surface area contributed by atoms with E-state index in [2.05, 4.69) is 22.3 Å². The van der Waals surface area contributed by atoms with Crippen LogP contribution in [0.5, 0.6) is 0 Å². The minimum atomic E-state index is -3.58. The topological polar surface area (TPSA) is 97.2 Å². The van der Waals surface area contributed by atoms with E-state index in [-0.39, 0.29) is 10.8 Å². The number of benzene rings is 2. The predicted molar refractivity (Wildman–Crippen MR) is 138 cm³/mol. The van der Waals surface area contributed by atoms with Gasteiger partial charge in [0.15, 0.2) is 0 Å². The zero-order valence-electron chi connectivity index (χ0n) is 19.2. The number of carbonyl (C=O) groups excluding carboxylic acids is 1. The van der Waals surface area contributed by atoms with Gasteiger partial charge in [-0.2, -0.15) is 14.1 Å². The fraction of sp³-hybridized carbons (Fsp3) is 0.292. The van der Waals surface area contributed by atoms with Gasteiger partial charge in [-0.3, -0.25) is 4.79 Å². The van der Waals surface area contributed by atoms with Crippen molar-refractivity contribution in [1.29, 1.82) is 0 Å². The molecule has 1 N–H and O–H groups in total. The molecule has 4 aromatic rings. The lowest BCUT2D eigenvalue weighted by Crippen LogP contribution is -2.39. The van der Waals surface area contributed by atoms with Crippen LogP contribution < -0.4 is 5.32 Å². The average Bonchev–Trinajstić information content (AvgIpc) is 3.43. The van der Waals surface area contributed by atoms with Crippen LogP contribution in [0.1, 0.15) is 35.8 Å². The molecule has 0 spiro atoms. The Hall–Kier alpha value is -2.79. The predicted octanol–water partition coefficient (Wildman–Crippen LogP) is 5.12. The van der Waals surface area contributed by atoms with Gasteiger partial charge < -0.3 is 5.32 Å². The van der Waals surface area contributed by atoms with Gasteiger partial charge in [-0.05, 0) is 62.1 Å². The summed E-state index contributed by atoms with van der Waals surface area (Å²) in [4.78, 5) is 17.8. The molecule has 182 valence electrons. The van der Waals surface area contributed by atoms with E-state index < -0.39 is 10.0 Å². The number of halogens is 1. The van der Waals surface area contributed by atoms with Gasteiger partial charge >= 0.3 is 0 Å². The van der Waals surface area contributed by atoms with Crippen molar-refractivity contribution in [2.75, 3.05) is 18.4 Å². The summed E-state index contributed by atoms with van der Waals surface area (Å²) in [6.45, 7) is 4.93. The van der Waals surface area contributed by atoms with Gasteiger partial charge in [-0.1, -0.05) is 35.9 Å². The van der Waals surface area contributed by atoms with Gasteiger partial charge in [0.2, 0.25) is 15.2 Å². The summed E-state index contributed by atoms with van der Waals surface area (Å²) in [5, 5.41) is 8.47. The Morgan fingerprint density at radius 3 is 2.69 bits per heavy atom. The molecule has 2 aromatic carbocycles. The second-order valence-electron chi connectivity index (χ2n) is 8.75. The van der Waals surface area contributed by atoms with Crippen LogP contribution in [-0.2, 0) is 10.0 Å². The SMILES string of the molecule is Cc1cc(NC(=O)c2ccc(S(=O)(=O)N3CCCC(C)C3)cc2)n(-c2nc3c(Cl)cccc3s2)n1. The van der Waals surface area contributed by atoms with Crippen LogP contribution in [0.3, 0.4) is 0 Å². The minimum absolute atomic E-state index is 0.190. The molecule has 1 atom stereocenters. The molecule has 3 heterocycles. The Morgan fingerprint density at radius 2 is 1.97 bits per heavy atom. The molecule has 2 aromatic heterocycles. The molecular formula is C24H24ClN5O3S2. The highest BCUT2D eigenvalue weighted by atomic mass is 35.5. The zero-order valence-corrected chi connectivity index (χ0v) is 21.6. The molecule has 1 fully saturated rings. The number of nitrogens with zero attached hydrogens (tertiary/aromatic N) is 4. The highest BCUT2D eigenvalue weighted by Crippen LogP contribution is 2.31. The van der Waals surface area contributed by atoms with Gasteiger partial charge in [-0.15, -0.1) is 0 Å². The smallest absolute Gasteiger partial charge is 0.256 e. The molecule has 1 unspecified atom stereocenters. The van der Waals surface area contributed by atoms with E-state index >= 15 is 0 Å². The van der Waals surface area contributed by atoms with Crippen molar-refractivity contribution in [3.63, 3.8) is 0 Å². The number of anilines is 1. The van der Waals surface area contributed by atoms with Crippen molar-refractivity contribution >= 4 is 54.9 Å². The summed E-state index contributed by atoms with van der Waals surface area (Å²) in [6, 6.07) is 13.4. The van der Waals surface area contributed by atoms with Crippen LogP contribution in [0, 0.1) is 12.8 Å². The summed E-state index contributed by atoms with van der Waals surface area (Å²) in [5.74, 6) is 0.422. The van der Waals surface area contributed by atoms with Crippen LogP contribution in [0.2, 0.25) is 5.02 Å². The lowest BCUT2D eigenvalue weighted by Gasteiger charge is -2.30. The number of rotatable bonds is 5. The van der Waals surface area contributed by atoms with E-state index in [1.807, 2.05) is 19.1 Å². The monoisotopic (exact) mass is 529 g/mol. The number of piperidine rings is 1. The third-order valence-corrected chi connectivity index (χ3v) is 9.17. The molecule has 11 heteroatoms. The standard InChI is InChI=1S/C24H24ClN5O3S2/c1-15-5-4-12-29(14-15)35(32,33)18-10-8-17(9-11-18)23(31)26-21-13-16(2)28-30(21)24-27-22-19(25)6-3-7-20(22)34-24/h3,6-11,13,15H,4-5,12,14H2,1-2H3,(H,26,31). The third-order valence-electron chi connectivity index (χ3n) is 5.99. The van der Waals surface area contributed by atoms with Crippen molar-refractivity contribution in [3.05, 3.63) is 64.8 Å². The second-order valence-corrected chi connectivity index (χ2v) is 12.1. The molecule has 0 aliphatic carbocycles. The highest BCUT2D eigenvalue weighted by molar-refractivity contribution is 7.89. The van der Waals surface area contributed by atoms with E-state index in [1.165, 1.54) is 39.9 Å². The maximum atomic E-state index is 13.0. The van der Waals surface area contributed by atoms with E-state index in [4.69, 9.17) is 11.6 Å². The number of aromatic nitrogens is 3.